The van der Waals surface area contributed by atoms with Gasteiger partial charge >= 0.3 is 0 Å². The molecule has 1 saturated carbocycles. The topological polar surface area (TPSA) is 59.0 Å². The maximum atomic E-state index is 11.9. The van der Waals surface area contributed by atoms with Crippen LogP contribution in [0, 0.1) is 0 Å². The largest absolute Gasteiger partial charge is 0.380 e. The van der Waals surface area contributed by atoms with Crippen LogP contribution in [0.5, 0.6) is 0 Å². The zero-order valence-electron chi connectivity index (χ0n) is 11.5. The minimum Gasteiger partial charge on any atom is -0.380 e. The van der Waals surface area contributed by atoms with Gasteiger partial charge in [0.2, 0.25) is 10.0 Å². The van der Waals surface area contributed by atoms with Gasteiger partial charge in [0.25, 0.3) is 0 Å². The molecule has 0 amide bonds. The Labute approximate surface area is 119 Å². The Morgan fingerprint density at radius 3 is 2.79 bits per heavy atom. The van der Waals surface area contributed by atoms with Crippen LogP contribution in [0.3, 0.4) is 0 Å². The second-order valence-electron chi connectivity index (χ2n) is 4.95. The number of rotatable bonds is 5. The van der Waals surface area contributed by atoms with Gasteiger partial charge in [-0.1, -0.05) is 24.6 Å². The van der Waals surface area contributed by atoms with E-state index < -0.39 is 10.0 Å². The van der Waals surface area contributed by atoms with Crippen LogP contribution in [0.2, 0.25) is 0 Å². The minimum atomic E-state index is -3.27. The van der Waals surface area contributed by atoms with Crippen molar-refractivity contribution in [3.05, 3.63) is 0 Å². The SMILES string of the molecule is CCOCCN(C1=NC2CCCCC2S1)S(C)(=O)=O. The molecule has 110 valence electrons. The molecule has 2 unspecified atom stereocenters. The minimum absolute atomic E-state index is 0.310. The van der Waals surface area contributed by atoms with Gasteiger partial charge in [-0.15, -0.1) is 0 Å². The summed E-state index contributed by atoms with van der Waals surface area (Å²) in [6.07, 6.45) is 5.91. The van der Waals surface area contributed by atoms with E-state index in [9.17, 15) is 8.42 Å². The van der Waals surface area contributed by atoms with Crippen LogP contribution in [0.1, 0.15) is 32.6 Å². The first-order valence-corrected chi connectivity index (χ1v) is 9.55. The third-order valence-electron chi connectivity index (χ3n) is 3.46. The van der Waals surface area contributed by atoms with Gasteiger partial charge in [-0.05, 0) is 19.8 Å². The van der Waals surface area contributed by atoms with Gasteiger partial charge in [0.15, 0.2) is 5.17 Å². The van der Waals surface area contributed by atoms with E-state index in [2.05, 4.69) is 4.99 Å². The lowest BCUT2D eigenvalue weighted by atomic mass is 9.96. The predicted octanol–water partition coefficient (Wildman–Crippen LogP) is 1.70. The van der Waals surface area contributed by atoms with E-state index in [0.717, 1.165) is 12.8 Å². The summed E-state index contributed by atoms with van der Waals surface area (Å²) in [6.45, 7) is 3.28. The Morgan fingerprint density at radius 2 is 2.16 bits per heavy atom. The summed E-state index contributed by atoms with van der Waals surface area (Å²) < 4.78 is 30.5. The highest BCUT2D eigenvalue weighted by Gasteiger charge is 2.36. The van der Waals surface area contributed by atoms with Crippen LogP contribution in [-0.2, 0) is 14.8 Å². The fraction of sp³-hybridized carbons (Fsp3) is 0.917. The lowest BCUT2D eigenvalue weighted by molar-refractivity contribution is 0.144. The normalized spacial score (nSPS) is 26.9. The van der Waals surface area contributed by atoms with Gasteiger partial charge in [0, 0.05) is 11.9 Å². The monoisotopic (exact) mass is 306 g/mol. The second kappa shape index (κ2) is 6.45. The van der Waals surface area contributed by atoms with Crippen molar-refractivity contribution in [2.24, 2.45) is 4.99 Å². The summed E-state index contributed by atoms with van der Waals surface area (Å²) in [6, 6.07) is 0.310. The van der Waals surface area contributed by atoms with Crippen LogP contribution in [-0.4, -0.2) is 55.2 Å². The van der Waals surface area contributed by atoms with Gasteiger partial charge in [-0.25, -0.2) is 12.7 Å². The van der Waals surface area contributed by atoms with Gasteiger partial charge in [0.1, 0.15) is 0 Å². The highest BCUT2D eigenvalue weighted by Crippen LogP contribution is 2.38. The fourth-order valence-electron chi connectivity index (χ4n) is 2.49. The van der Waals surface area contributed by atoms with E-state index in [1.54, 1.807) is 11.8 Å². The molecular weight excluding hydrogens is 284 g/mol. The molecule has 7 heteroatoms. The van der Waals surface area contributed by atoms with Gasteiger partial charge in [-0.2, -0.15) is 0 Å². The maximum absolute atomic E-state index is 11.9. The molecule has 0 spiro atoms. The molecule has 0 aromatic rings. The molecule has 1 heterocycles. The average Bonchev–Trinajstić information content (AvgIpc) is 2.76. The van der Waals surface area contributed by atoms with E-state index in [0.29, 0.717) is 36.2 Å². The number of ether oxygens (including phenoxy) is 1. The zero-order chi connectivity index (χ0) is 13.9. The maximum Gasteiger partial charge on any atom is 0.233 e. The number of thioether (sulfide) groups is 1. The molecule has 0 aromatic carbocycles. The molecular formula is C12H22N2O3S2. The Hall–Kier alpha value is -0.270. The van der Waals surface area contributed by atoms with Crippen molar-refractivity contribution in [3.63, 3.8) is 0 Å². The molecule has 2 rings (SSSR count). The third kappa shape index (κ3) is 3.86. The molecule has 0 aromatic heterocycles. The first-order valence-electron chi connectivity index (χ1n) is 6.82. The number of amidine groups is 1. The van der Waals surface area contributed by atoms with Crippen molar-refractivity contribution in [1.29, 1.82) is 0 Å². The van der Waals surface area contributed by atoms with Gasteiger partial charge in [0.05, 0.1) is 25.4 Å². The van der Waals surface area contributed by atoms with Crippen molar-refractivity contribution in [2.75, 3.05) is 26.0 Å². The summed E-state index contributed by atoms with van der Waals surface area (Å²) >= 11 is 1.63. The summed E-state index contributed by atoms with van der Waals surface area (Å²) in [7, 11) is -3.27. The standard InChI is InChI=1S/C12H22N2O3S2/c1-3-17-9-8-14(19(2,15)16)12-13-10-6-4-5-7-11(10)18-12/h10-11H,3-9H2,1-2H3. The fourth-order valence-corrected chi connectivity index (χ4v) is 5.08. The van der Waals surface area contributed by atoms with E-state index in [4.69, 9.17) is 4.74 Å². The molecule has 5 nitrogen and oxygen atoms in total. The van der Waals surface area contributed by atoms with Crippen LogP contribution in [0.4, 0.5) is 0 Å². The average molecular weight is 306 g/mol. The lowest BCUT2D eigenvalue weighted by Gasteiger charge is -2.23. The Balaban J connectivity index is 2.06. The Morgan fingerprint density at radius 1 is 1.42 bits per heavy atom. The van der Waals surface area contributed by atoms with Crippen molar-refractivity contribution in [3.8, 4) is 0 Å². The molecule has 2 atom stereocenters. The highest BCUT2D eigenvalue weighted by atomic mass is 32.2. The van der Waals surface area contributed by atoms with Crippen LogP contribution in [0.15, 0.2) is 4.99 Å². The van der Waals surface area contributed by atoms with Crippen molar-refractivity contribution in [1.82, 2.24) is 4.31 Å². The number of hydrogen-bond acceptors (Lipinski definition) is 5. The van der Waals surface area contributed by atoms with E-state index in [1.807, 2.05) is 6.92 Å². The smallest absolute Gasteiger partial charge is 0.233 e. The first-order chi connectivity index (χ1) is 9.02. The number of fused-ring (bicyclic) bond motifs is 1. The molecule has 2 aliphatic rings. The second-order valence-corrected chi connectivity index (χ2v) is 8.06. The molecule has 1 fully saturated rings. The first kappa shape index (κ1) is 15.1. The quantitative estimate of drug-likeness (QED) is 0.725. The highest BCUT2D eigenvalue weighted by molar-refractivity contribution is 8.15. The number of aliphatic imine (C=N–C) groups is 1. The summed E-state index contributed by atoms with van der Waals surface area (Å²) in [5, 5.41) is 1.14. The number of nitrogens with zero attached hydrogens (tertiary/aromatic N) is 2. The molecule has 1 aliphatic carbocycles. The molecule has 0 bridgehead atoms. The molecule has 0 N–H and O–H groups in total. The Kier molecular flexibility index (Phi) is 5.14. The zero-order valence-corrected chi connectivity index (χ0v) is 13.2. The summed E-state index contributed by atoms with van der Waals surface area (Å²) in [4.78, 5) is 4.63. The summed E-state index contributed by atoms with van der Waals surface area (Å²) in [5.41, 5.74) is 0. The van der Waals surface area contributed by atoms with Crippen molar-refractivity contribution in [2.45, 2.75) is 43.9 Å². The van der Waals surface area contributed by atoms with Gasteiger partial charge < -0.3 is 4.74 Å². The number of hydrogen-bond donors (Lipinski definition) is 0. The van der Waals surface area contributed by atoms with Crippen LogP contribution >= 0.6 is 11.8 Å². The molecule has 19 heavy (non-hydrogen) atoms. The van der Waals surface area contributed by atoms with Crippen molar-refractivity contribution < 1.29 is 13.2 Å². The molecule has 0 radical (unpaired) electrons. The van der Waals surface area contributed by atoms with E-state index in [1.165, 1.54) is 23.4 Å². The van der Waals surface area contributed by atoms with Crippen LogP contribution < -0.4 is 0 Å². The van der Waals surface area contributed by atoms with E-state index >= 15 is 0 Å². The van der Waals surface area contributed by atoms with Gasteiger partial charge in [-0.3, -0.25) is 4.99 Å². The molecule has 1 aliphatic heterocycles. The Bertz CT molecular complexity index is 436. The lowest BCUT2D eigenvalue weighted by Crippen LogP contribution is -2.36. The third-order valence-corrected chi connectivity index (χ3v) is 6.12. The van der Waals surface area contributed by atoms with Crippen LogP contribution in [0.25, 0.3) is 0 Å². The predicted molar refractivity (Wildman–Crippen MR) is 79.1 cm³/mol. The molecule has 0 saturated heterocycles. The van der Waals surface area contributed by atoms with E-state index in [-0.39, 0.29) is 0 Å². The number of sulfonamides is 1. The summed E-state index contributed by atoms with van der Waals surface area (Å²) in [5.74, 6) is 0. The van der Waals surface area contributed by atoms with Crippen molar-refractivity contribution >= 4 is 27.0 Å².